The van der Waals surface area contributed by atoms with Crippen LogP contribution in [0.5, 0.6) is 0 Å². The van der Waals surface area contributed by atoms with Gasteiger partial charge in [0.05, 0.1) is 16.8 Å². The molecule has 0 fully saturated rings. The summed E-state index contributed by atoms with van der Waals surface area (Å²) in [6.07, 6.45) is 1.46. The molecule has 0 unspecified atom stereocenters. The van der Waals surface area contributed by atoms with Crippen molar-refractivity contribution in [2.45, 2.75) is 0 Å². The first-order valence-corrected chi connectivity index (χ1v) is 5.92. The number of rotatable bonds is 2. The fraction of sp³-hybridized carbons (Fsp3) is 0. The zero-order valence-corrected chi connectivity index (χ0v) is 11.0. The van der Waals surface area contributed by atoms with Crippen LogP contribution in [0.25, 0.3) is 0 Å². The number of anilines is 2. The van der Waals surface area contributed by atoms with Crippen LogP contribution in [0.4, 0.5) is 11.5 Å². The van der Waals surface area contributed by atoms with E-state index < -0.39 is 0 Å². The summed E-state index contributed by atoms with van der Waals surface area (Å²) in [5.41, 5.74) is 1.20. The maximum atomic E-state index is 9.02. The minimum Gasteiger partial charge on any atom is -0.338 e. The van der Waals surface area contributed by atoms with E-state index in [1.807, 2.05) is 12.1 Å². The van der Waals surface area contributed by atoms with Gasteiger partial charge in [0.2, 0.25) is 0 Å². The molecular formula is C13H6Cl2N4. The van der Waals surface area contributed by atoms with Crippen molar-refractivity contribution >= 4 is 34.7 Å². The Morgan fingerprint density at radius 1 is 1.05 bits per heavy atom. The summed E-state index contributed by atoms with van der Waals surface area (Å²) in [5, 5.41) is 21.5. The van der Waals surface area contributed by atoms with Gasteiger partial charge in [0.25, 0.3) is 0 Å². The molecule has 1 aromatic carbocycles. The van der Waals surface area contributed by atoms with Gasteiger partial charge < -0.3 is 5.32 Å². The van der Waals surface area contributed by atoms with Crippen LogP contribution >= 0.6 is 23.2 Å². The molecule has 0 saturated heterocycles. The van der Waals surface area contributed by atoms with Crippen LogP contribution in [0.3, 0.4) is 0 Å². The molecule has 2 aromatic rings. The van der Waals surface area contributed by atoms with Gasteiger partial charge in [-0.3, -0.25) is 0 Å². The van der Waals surface area contributed by atoms with Gasteiger partial charge in [0, 0.05) is 11.2 Å². The van der Waals surface area contributed by atoms with E-state index in [1.54, 1.807) is 18.2 Å². The Labute approximate surface area is 119 Å². The number of halogens is 2. The largest absolute Gasteiger partial charge is 0.338 e. The van der Waals surface area contributed by atoms with Crippen LogP contribution in [0, 0.1) is 22.7 Å². The first kappa shape index (κ1) is 13.2. The zero-order chi connectivity index (χ0) is 13.8. The van der Waals surface area contributed by atoms with Crippen LogP contribution in [-0.4, -0.2) is 4.98 Å². The number of aromatic nitrogens is 1. The first-order chi connectivity index (χ1) is 9.15. The van der Waals surface area contributed by atoms with E-state index in [0.717, 1.165) is 0 Å². The van der Waals surface area contributed by atoms with E-state index in [4.69, 9.17) is 33.7 Å². The molecule has 4 nitrogen and oxygen atoms in total. The third-order valence-electron chi connectivity index (χ3n) is 2.36. The van der Waals surface area contributed by atoms with Crippen molar-refractivity contribution in [2.24, 2.45) is 0 Å². The van der Waals surface area contributed by atoms with E-state index in [1.165, 1.54) is 12.3 Å². The Morgan fingerprint density at radius 3 is 2.47 bits per heavy atom. The molecule has 0 saturated carbocycles. The van der Waals surface area contributed by atoms with Crippen molar-refractivity contribution in [3.8, 4) is 12.1 Å². The van der Waals surface area contributed by atoms with Gasteiger partial charge >= 0.3 is 0 Å². The molecular weight excluding hydrogens is 283 g/mol. The second-order valence-corrected chi connectivity index (χ2v) is 4.37. The lowest BCUT2D eigenvalue weighted by Gasteiger charge is -2.09. The number of hydrogen-bond acceptors (Lipinski definition) is 4. The molecule has 1 heterocycles. The van der Waals surface area contributed by atoms with E-state index in [9.17, 15) is 0 Å². The lowest BCUT2D eigenvalue weighted by atomic mass is 10.2. The molecule has 1 N–H and O–H groups in total. The molecule has 0 aliphatic carbocycles. The minimum absolute atomic E-state index is 0.203. The summed E-state index contributed by atoms with van der Waals surface area (Å²) >= 11 is 11.9. The maximum absolute atomic E-state index is 9.02. The van der Waals surface area contributed by atoms with E-state index >= 15 is 0 Å². The van der Waals surface area contributed by atoms with Crippen molar-refractivity contribution in [3.05, 3.63) is 51.6 Å². The number of benzene rings is 1. The summed E-state index contributed by atoms with van der Waals surface area (Å²) in [4.78, 5) is 4.04. The highest BCUT2D eigenvalue weighted by Crippen LogP contribution is 2.29. The summed E-state index contributed by atoms with van der Waals surface area (Å²) in [6.45, 7) is 0. The van der Waals surface area contributed by atoms with Crippen LogP contribution in [0.2, 0.25) is 10.0 Å². The van der Waals surface area contributed by atoms with E-state index in [2.05, 4.69) is 10.3 Å². The molecule has 0 amide bonds. The van der Waals surface area contributed by atoms with Gasteiger partial charge in [0.1, 0.15) is 17.2 Å². The predicted octanol–water partition coefficient (Wildman–Crippen LogP) is 3.88. The molecule has 0 bridgehead atoms. The molecule has 6 heteroatoms. The zero-order valence-electron chi connectivity index (χ0n) is 9.48. The minimum atomic E-state index is 0.203. The molecule has 1 aromatic heterocycles. The lowest BCUT2D eigenvalue weighted by Crippen LogP contribution is -1.98. The average Bonchev–Trinajstić information content (AvgIpc) is 2.41. The molecule has 0 aliphatic heterocycles. The van der Waals surface area contributed by atoms with Gasteiger partial charge in [-0.15, -0.1) is 0 Å². The van der Waals surface area contributed by atoms with Crippen molar-refractivity contribution in [1.82, 2.24) is 4.98 Å². The van der Waals surface area contributed by atoms with Crippen LogP contribution in [0.15, 0.2) is 30.5 Å². The van der Waals surface area contributed by atoms with E-state index in [-0.39, 0.29) is 5.02 Å². The topological polar surface area (TPSA) is 72.5 Å². The molecule has 0 aliphatic rings. The first-order valence-electron chi connectivity index (χ1n) is 5.17. The maximum Gasteiger partial charge on any atom is 0.150 e. The standard InChI is InChI=1S/C13H6Cl2N4/c14-10-2-1-8(6-16)11(5-10)19-13-12(15)9(7-17)3-4-18-13/h1-5H,(H,18,19). The molecule has 0 radical (unpaired) electrons. The van der Waals surface area contributed by atoms with Gasteiger partial charge in [-0.2, -0.15) is 10.5 Å². The quantitative estimate of drug-likeness (QED) is 0.910. The van der Waals surface area contributed by atoms with Crippen LogP contribution in [0.1, 0.15) is 11.1 Å². The van der Waals surface area contributed by atoms with Crippen molar-refractivity contribution in [1.29, 1.82) is 10.5 Å². The lowest BCUT2D eigenvalue weighted by molar-refractivity contribution is 1.29. The SMILES string of the molecule is N#Cc1ccc(Cl)cc1Nc1nccc(C#N)c1Cl. The van der Waals surface area contributed by atoms with Gasteiger partial charge in [-0.05, 0) is 24.3 Å². The fourth-order valence-corrected chi connectivity index (χ4v) is 1.84. The number of nitrogens with one attached hydrogen (secondary N) is 1. The summed E-state index contributed by atoms with van der Waals surface area (Å²) in [6, 6.07) is 10.3. The summed E-state index contributed by atoms with van der Waals surface area (Å²) < 4.78 is 0. The number of nitrogens with zero attached hydrogens (tertiary/aromatic N) is 3. The fourth-order valence-electron chi connectivity index (χ4n) is 1.46. The number of hydrogen-bond donors (Lipinski definition) is 1. The third-order valence-corrected chi connectivity index (χ3v) is 2.98. The summed E-state index contributed by atoms with van der Waals surface area (Å²) in [5.74, 6) is 0.305. The second-order valence-electron chi connectivity index (χ2n) is 3.56. The Kier molecular flexibility index (Phi) is 3.87. The number of pyridine rings is 1. The molecule has 2 rings (SSSR count). The Hall–Kier alpha value is -2.27. The van der Waals surface area contributed by atoms with Crippen molar-refractivity contribution in [2.75, 3.05) is 5.32 Å². The molecule has 19 heavy (non-hydrogen) atoms. The van der Waals surface area contributed by atoms with Gasteiger partial charge in [-0.1, -0.05) is 23.2 Å². The van der Waals surface area contributed by atoms with Gasteiger partial charge in [-0.25, -0.2) is 4.98 Å². The van der Waals surface area contributed by atoms with Crippen LogP contribution in [-0.2, 0) is 0 Å². The normalized spacial score (nSPS) is 9.47. The predicted molar refractivity (Wildman–Crippen MR) is 73.4 cm³/mol. The highest BCUT2D eigenvalue weighted by Gasteiger charge is 2.10. The highest BCUT2D eigenvalue weighted by atomic mass is 35.5. The second kappa shape index (κ2) is 5.58. The Morgan fingerprint density at radius 2 is 1.79 bits per heavy atom. The monoisotopic (exact) mass is 288 g/mol. The van der Waals surface area contributed by atoms with Crippen LogP contribution < -0.4 is 5.32 Å². The smallest absolute Gasteiger partial charge is 0.150 e. The molecule has 0 spiro atoms. The van der Waals surface area contributed by atoms with Gasteiger partial charge in [0.15, 0.2) is 5.82 Å². The highest BCUT2D eigenvalue weighted by molar-refractivity contribution is 6.34. The van der Waals surface area contributed by atoms with Crippen molar-refractivity contribution in [3.63, 3.8) is 0 Å². The Balaban J connectivity index is 2.46. The molecule has 92 valence electrons. The Bertz CT molecular complexity index is 714. The molecule has 0 atom stereocenters. The van der Waals surface area contributed by atoms with E-state index in [0.29, 0.717) is 27.7 Å². The average molecular weight is 289 g/mol. The number of nitriles is 2. The third kappa shape index (κ3) is 2.77. The summed E-state index contributed by atoms with van der Waals surface area (Å²) in [7, 11) is 0. The van der Waals surface area contributed by atoms with Crippen molar-refractivity contribution < 1.29 is 0 Å².